The van der Waals surface area contributed by atoms with Crippen molar-refractivity contribution in [1.82, 2.24) is 0 Å². The Morgan fingerprint density at radius 2 is 1.90 bits per heavy atom. The third kappa shape index (κ3) is 5.68. The summed E-state index contributed by atoms with van der Waals surface area (Å²) in [6.07, 6.45) is 1.29. The normalized spacial score (nSPS) is 11.2. The maximum atomic E-state index is 12.3. The summed E-state index contributed by atoms with van der Waals surface area (Å²) >= 11 is 5.74. The minimum atomic E-state index is -0.504. The zero-order valence-corrected chi connectivity index (χ0v) is 14.3. The van der Waals surface area contributed by atoms with Crippen LogP contribution in [0.2, 0.25) is 0 Å². The van der Waals surface area contributed by atoms with E-state index < -0.39 is 5.60 Å². The topological polar surface area (TPSA) is 29.5 Å². The Hall–Kier alpha value is -0.790. The van der Waals surface area contributed by atoms with E-state index in [2.05, 4.69) is 9.24 Å². The van der Waals surface area contributed by atoms with Gasteiger partial charge in [0.15, 0.2) is 0 Å². The lowest BCUT2D eigenvalue weighted by molar-refractivity contribution is 0.0580. The lowest BCUT2D eigenvalue weighted by atomic mass is 10.2. The van der Waals surface area contributed by atoms with Crippen LogP contribution < -0.4 is 4.90 Å². The number of hydrogen-bond acceptors (Lipinski definition) is 2. The van der Waals surface area contributed by atoms with Crippen LogP contribution in [0.25, 0.3) is 0 Å². The van der Waals surface area contributed by atoms with Gasteiger partial charge in [0.2, 0.25) is 0 Å². The number of carbonyl (C=O) groups is 1. The Bertz CT molecular complexity index is 428. The predicted molar refractivity (Wildman–Crippen MR) is 88.8 cm³/mol. The van der Waals surface area contributed by atoms with E-state index in [0.29, 0.717) is 12.4 Å². The number of nitrogens with zero attached hydrogens (tertiary/aromatic N) is 1. The average Bonchev–Trinajstić information content (AvgIpc) is 2.38. The smallest absolute Gasteiger partial charge is 0.414 e. The van der Waals surface area contributed by atoms with E-state index in [1.165, 1.54) is 5.56 Å². The molecule has 1 amide bonds. The van der Waals surface area contributed by atoms with Crippen molar-refractivity contribution < 1.29 is 9.53 Å². The van der Waals surface area contributed by atoms with E-state index in [0.717, 1.165) is 18.3 Å². The van der Waals surface area contributed by atoms with Crippen LogP contribution in [-0.2, 0) is 10.9 Å². The molecule has 0 aliphatic carbocycles. The minimum Gasteiger partial charge on any atom is -0.443 e. The molecule has 0 saturated carbocycles. The molecule has 1 atom stereocenters. The van der Waals surface area contributed by atoms with E-state index in [-0.39, 0.29) is 6.09 Å². The van der Waals surface area contributed by atoms with Crippen molar-refractivity contribution in [1.29, 1.82) is 0 Å². The first-order valence-electron chi connectivity index (χ1n) is 6.73. The summed E-state index contributed by atoms with van der Waals surface area (Å²) in [4.78, 5) is 13.9. The maximum Gasteiger partial charge on any atom is 0.414 e. The monoisotopic (exact) mass is 315 g/mol. The quantitative estimate of drug-likeness (QED) is 0.594. The van der Waals surface area contributed by atoms with E-state index >= 15 is 0 Å². The van der Waals surface area contributed by atoms with Gasteiger partial charge in [-0.05, 0) is 51.1 Å². The average molecular weight is 316 g/mol. The third-order valence-corrected chi connectivity index (χ3v) is 3.35. The molecule has 1 unspecified atom stereocenters. The van der Waals surface area contributed by atoms with Crippen molar-refractivity contribution in [3.05, 3.63) is 29.8 Å². The molecule has 1 aromatic rings. The highest BCUT2D eigenvalue weighted by Crippen LogP contribution is 2.20. The number of amides is 1. The van der Waals surface area contributed by atoms with Crippen LogP contribution >= 0.6 is 20.8 Å². The van der Waals surface area contributed by atoms with Crippen LogP contribution in [0, 0.1) is 0 Å². The first-order valence-corrected chi connectivity index (χ1v) is 8.08. The van der Waals surface area contributed by atoms with Gasteiger partial charge in [0.05, 0.1) is 0 Å². The number of carbonyl (C=O) groups excluding carboxylic acids is 1. The zero-order chi connectivity index (χ0) is 15.2. The van der Waals surface area contributed by atoms with Gasteiger partial charge in [0, 0.05) is 18.1 Å². The van der Waals surface area contributed by atoms with Gasteiger partial charge in [0.1, 0.15) is 5.60 Å². The molecule has 112 valence electrons. The number of hydrogen-bond donors (Lipinski definition) is 0. The lowest BCUT2D eigenvalue weighted by Gasteiger charge is -2.27. The number of ether oxygens (including phenoxy) is 1. The first kappa shape index (κ1) is 17.3. The second kappa shape index (κ2) is 7.85. The highest BCUT2D eigenvalue weighted by atomic mass is 35.5. The molecule has 1 aromatic carbocycles. The molecule has 0 radical (unpaired) electrons. The second-order valence-corrected chi connectivity index (χ2v) is 6.33. The van der Waals surface area contributed by atoms with Crippen molar-refractivity contribution in [2.75, 3.05) is 17.3 Å². The number of halogens is 1. The lowest BCUT2D eigenvalue weighted by Crippen LogP contribution is -2.37. The van der Waals surface area contributed by atoms with Crippen molar-refractivity contribution >= 4 is 32.6 Å². The van der Waals surface area contributed by atoms with E-state index in [1.54, 1.807) is 4.90 Å². The molecule has 1 rings (SSSR count). The fraction of sp³-hybridized carbons (Fsp3) is 0.533. The molecular formula is C15H23ClNO2P. The van der Waals surface area contributed by atoms with Gasteiger partial charge in [-0.1, -0.05) is 12.1 Å². The highest BCUT2D eigenvalue weighted by Gasteiger charge is 2.22. The number of rotatable bonds is 5. The van der Waals surface area contributed by atoms with Gasteiger partial charge < -0.3 is 4.74 Å². The summed E-state index contributed by atoms with van der Waals surface area (Å²) in [7, 11) is 2.68. The predicted octanol–water partition coefficient (Wildman–Crippen LogP) is 4.43. The zero-order valence-electron chi connectivity index (χ0n) is 12.4. The Kier molecular flexibility index (Phi) is 6.78. The summed E-state index contributed by atoms with van der Waals surface area (Å²) in [6.45, 7) is 6.14. The van der Waals surface area contributed by atoms with Crippen LogP contribution in [-0.4, -0.2) is 24.1 Å². The van der Waals surface area contributed by atoms with Crippen molar-refractivity contribution in [3.63, 3.8) is 0 Å². The summed E-state index contributed by atoms with van der Waals surface area (Å²) in [5, 5.41) is 0. The summed E-state index contributed by atoms with van der Waals surface area (Å²) in [5.41, 5.74) is 1.54. The molecule has 5 heteroatoms. The Morgan fingerprint density at radius 3 is 2.35 bits per heavy atom. The number of alkyl halides is 1. The molecule has 0 aliphatic rings. The standard InChI is InChI=1S/C15H23ClNO2P/c1-15(2,3)19-14(18)17(10-4-9-16)13-7-5-12(11-20)6-8-13/h5-8H,4,9-11,20H2,1-3H3. The van der Waals surface area contributed by atoms with Crippen LogP contribution in [0.15, 0.2) is 24.3 Å². The Balaban J connectivity index is 2.89. The Labute approximate surface area is 128 Å². The molecular weight excluding hydrogens is 293 g/mol. The summed E-state index contributed by atoms with van der Waals surface area (Å²) in [5.74, 6) is 0.517. The second-order valence-electron chi connectivity index (χ2n) is 5.55. The van der Waals surface area contributed by atoms with Gasteiger partial charge in [-0.2, -0.15) is 0 Å². The number of anilines is 1. The first-order chi connectivity index (χ1) is 9.37. The van der Waals surface area contributed by atoms with Gasteiger partial charge in [-0.15, -0.1) is 20.8 Å². The number of benzene rings is 1. The van der Waals surface area contributed by atoms with Crippen molar-refractivity contribution in [3.8, 4) is 0 Å². The SMILES string of the molecule is CC(C)(C)OC(=O)N(CCCCl)c1ccc(CP)cc1. The molecule has 20 heavy (non-hydrogen) atoms. The van der Waals surface area contributed by atoms with E-state index in [1.807, 2.05) is 45.0 Å². The molecule has 0 aliphatic heterocycles. The van der Waals surface area contributed by atoms with Crippen molar-refractivity contribution in [2.24, 2.45) is 0 Å². The third-order valence-electron chi connectivity index (χ3n) is 2.61. The van der Waals surface area contributed by atoms with Gasteiger partial charge in [-0.25, -0.2) is 4.79 Å². The summed E-state index contributed by atoms with van der Waals surface area (Å²) in [6, 6.07) is 7.91. The van der Waals surface area contributed by atoms with Crippen molar-refractivity contribution in [2.45, 2.75) is 39.0 Å². The van der Waals surface area contributed by atoms with Crippen LogP contribution in [0.4, 0.5) is 10.5 Å². The largest absolute Gasteiger partial charge is 0.443 e. The van der Waals surface area contributed by atoms with Gasteiger partial charge in [0.25, 0.3) is 0 Å². The maximum absolute atomic E-state index is 12.3. The van der Waals surface area contributed by atoms with Crippen LogP contribution in [0.1, 0.15) is 32.8 Å². The molecule has 0 heterocycles. The highest BCUT2D eigenvalue weighted by molar-refractivity contribution is 7.15. The van der Waals surface area contributed by atoms with Gasteiger partial charge in [-0.3, -0.25) is 4.90 Å². The fourth-order valence-corrected chi connectivity index (χ4v) is 2.06. The Morgan fingerprint density at radius 1 is 1.30 bits per heavy atom. The van der Waals surface area contributed by atoms with E-state index in [4.69, 9.17) is 16.3 Å². The van der Waals surface area contributed by atoms with Gasteiger partial charge >= 0.3 is 6.09 Å². The molecule has 3 nitrogen and oxygen atoms in total. The molecule has 0 bridgehead atoms. The van der Waals surface area contributed by atoms with Crippen LogP contribution in [0.3, 0.4) is 0 Å². The molecule has 0 N–H and O–H groups in total. The molecule has 0 saturated heterocycles. The van der Waals surface area contributed by atoms with Crippen LogP contribution in [0.5, 0.6) is 0 Å². The van der Waals surface area contributed by atoms with E-state index in [9.17, 15) is 4.79 Å². The summed E-state index contributed by atoms with van der Waals surface area (Å²) < 4.78 is 5.45. The fourth-order valence-electron chi connectivity index (χ4n) is 1.67. The molecule has 0 spiro atoms. The molecule has 0 fully saturated rings. The molecule has 0 aromatic heterocycles. The minimum absolute atomic E-state index is 0.332.